The lowest BCUT2D eigenvalue weighted by molar-refractivity contribution is -0.147. The molecule has 1 aromatic rings. The molecule has 0 unspecified atom stereocenters. The predicted molar refractivity (Wildman–Crippen MR) is 69.2 cm³/mol. The van der Waals surface area contributed by atoms with Crippen molar-refractivity contribution in [2.45, 2.75) is 26.3 Å². The van der Waals surface area contributed by atoms with Crippen molar-refractivity contribution in [3.05, 3.63) is 29.1 Å². The van der Waals surface area contributed by atoms with Gasteiger partial charge in [-0.15, -0.1) is 0 Å². The number of aromatic nitrogens is 1. The largest absolute Gasteiger partial charge is 0.480 e. The van der Waals surface area contributed by atoms with Crippen LogP contribution in [0.3, 0.4) is 0 Å². The molecule has 2 N–H and O–H groups in total. The predicted octanol–water partition coefficient (Wildman–Crippen LogP) is 0.445. The zero-order valence-corrected chi connectivity index (χ0v) is 11.5. The lowest BCUT2D eigenvalue weighted by atomic mass is 10.1. The third-order valence-electron chi connectivity index (χ3n) is 2.67. The van der Waals surface area contributed by atoms with Gasteiger partial charge in [0.05, 0.1) is 24.8 Å². The number of pyridine rings is 1. The maximum Gasteiger partial charge on any atom is 0.326 e. The molecular formula is C13H16N2O5. The number of rotatable bonds is 5. The zero-order valence-electron chi connectivity index (χ0n) is 11.5. The summed E-state index contributed by atoms with van der Waals surface area (Å²) in [6.45, 7) is 3.43. The van der Waals surface area contributed by atoms with E-state index in [0.717, 1.165) is 12.8 Å². The van der Waals surface area contributed by atoms with E-state index in [0.29, 0.717) is 5.69 Å². The first-order chi connectivity index (χ1) is 9.35. The van der Waals surface area contributed by atoms with Crippen molar-refractivity contribution < 1.29 is 24.2 Å². The quantitative estimate of drug-likeness (QED) is 0.758. The molecule has 7 heteroatoms. The van der Waals surface area contributed by atoms with E-state index in [1.807, 2.05) is 0 Å². The van der Waals surface area contributed by atoms with Crippen molar-refractivity contribution in [1.82, 2.24) is 10.3 Å². The average Bonchev–Trinajstić information content (AvgIpc) is 2.37. The van der Waals surface area contributed by atoms with Gasteiger partial charge in [0.1, 0.15) is 6.04 Å². The summed E-state index contributed by atoms with van der Waals surface area (Å²) in [5, 5.41) is 11.3. The Bertz CT molecular complexity index is 542. The number of amides is 1. The number of nitrogens with zero attached hydrogens (tertiary/aromatic N) is 1. The molecule has 1 aromatic heterocycles. The molecular weight excluding hydrogens is 264 g/mol. The number of aryl methyl sites for hydroxylation is 2. The first-order valence-electron chi connectivity index (χ1n) is 5.90. The number of carbonyl (C=O) groups excluding carboxylic acids is 2. The highest BCUT2D eigenvalue weighted by atomic mass is 16.5. The molecule has 0 aliphatic rings. The topological polar surface area (TPSA) is 106 Å². The van der Waals surface area contributed by atoms with Crippen LogP contribution in [0.25, 0.3) is 0 Å². The number of hydrogen-bond donors (Lipinski definition) is 2. The SMILES string of the molecule is COC(=O)C[C@H](NC(=O)c1ccc(C)nc1C)C(=O)O. The smallest absolute Gasteiger partial charge is 0.326 e. The molecule has 1 heterocycles. The van der Waals surface area contributed by atoms with Gasteiger partial charge in [-0.1, -0.05) is 0 Å². The summed E-state index contributed by atoms with van der Waals surface area (Å²) in [6.07, 6.45) is -0.435. The molecule has 7 nitrogen and oxygen atoms in total. The molecule has 0 fully saturated rings. The van der Waals surface area contributed by atoms with Crippen molar-refractivity contribution in [2.75, 3.05) is 7.11 Å². The number of hydrogen-bond acceptors (Lipinski definition) is 5. The Morgan fingerprint density at radius 3 is 2.50 bits per heavy atom. The van der Waals surface area contributed by atoms with Crippen molar-refractivity contribution in [3.63, 3.8) is 0 Å². The summed E-state index contributed by atoms with van der Waals surface area (Å²) in [4.78, 5) is 38.2. The minimum atomic E-state index is -1.34. The molecule has 1 amide bonds. The second-order valence-corrected chi connectivity index (χ2v) is 4.23. The van der Waals surface area contributed by atoms with Gasteiger partial charge >= 0.3 is 11.9 Å². The summed E-state index contributed by atoms with van der Waals surface area (Å²) in [7, 11) is 1.15. The monoisotopic (exact) mass is 280 g/mol. The van der Waals surface area contributed by atoms with Crippen LogP contribution >= 0.6 is 0 Å². The maximum atomic E-state index is 12.0. The number of ether oxygens (including phenoxy) is 1. The van der Waals surface area contributed by atoms with Gasteiger partial charge < -0.3 is 15.2 Å². The van der Waals surface area contributed by atoms with E-state index in [4.69, 9.17) is 5.11 Å². The van der Waals surface area contributed by atoms with Gasteiger partial charge in [0, 0.05) is 5.69 Å². The molecule has 1 atom stereocenters. The Morgan fingerprint density at radius 2 is 2.00 bits per heavy atom. The molecule has 0 spiro atoms. The van der Waals surface area contributed by atoms with E-state index in [1.165, 1.54) is 0 Å². The van der Waals surface area contributed by atoms with Gasteiger partial charge in [0.15, 0.2) is 0 Å². The van der Waals surface area contributed by atoms with Gasteiger partial charge in [-0.05, 0) is 26.0 Å². The molecule has 1 rings (SSSR count). The first kappa shape index (κ1) is 15.6. The van der Waals surface area contributed by atoms with E-state index < -0.39 is 30.3 Å². The highest BCUT2D eigenvalue weighted by molar-refractivity contribution is 5.98. The highest BCUT2D eigenvalue weighted by Crippen LogP contribution is 2.07. The Balaban J connectivity index is 2.85. The van der Waals surface area contributed by atoms with Crippen molar-refractivity contribution in [3.8, 4) is 0 Å². The van der Waals surface area contributed by atoms with E-state index in [2.05, 4.69) is 15.0 Å². The van der Waals surface area contributed by atoms with Gasteiger partial charge in [0.25, 0.3) is 5.91 Å². The Morgan fingerprint density at radius 1 is 1.35 bits per heavy atom. The van der Waals surface area contributed by atoms with Gasteiger partial charge in [-0.3, -0.25) is 14.6 Å². The van der Waals surface area contributed by atoms with Gasteiger partial charge in [-0.2, -0.15) is 0 Å². The number of methoxy groups -OCH3 is 1. The third kappa shape index (κ3) is 4.04. The van der Waals surface area contributed by atoms with Crippen LogP contribution in [0.1, 0.15) is 28.2 Å². The number of carboxylic acids is 1. The summed E-state index contributed by atoms with van der Waals surface area (Å²) in [5.74, 6) is -2.61. The molecule has 0 aliphatic carbocycles. The minimum absolute atomic E-state index is 0.270. The third-order valence-corrected chi connectivity index (χ3v) is 2.67. The van der Waals surface area contributed by atoms with E-state index in [9.17, 15) is 14.4 Å². The lowest BCUT2D eigenvalue weighted by Crippen LogP contribution is -2.42. The molecule has 108 valence electrons. The zero-order chi connectivity index (χ0) is 15.3. The molecule has 0 saturated carbocycles. The van der Waals surface area contributed by atoms with E-state index in [1.54, 1.807) is 26.0 Å². The van der Waals surface area contributed by atoms with Crippen LogP contribution in [0.5, 0.6) is 0 Å². The minimum Gasteiger partial charge on any atom is -0.480 e. The number of carboxylic acid groups (broad SMARTS) is 1. The fourth-order valence-corrected chi connectivity index (χ4v) is 1.61. The number of aliphatic carboxylic acids is 1. The maximum absolute atomic E-state index is 12.0. The fourth-order valence-electron chi connectivity index (χ4n) is 1.61. The Kier molecular flexibility index (Phi) is 5.19. The number of nitrogens with one attached hydrogen (secondary N) is 1. The first-order valence-corrected chi connectivity index (χ1v) is 5.90. The number of esters is 1. The van der Waals surface area contributed by atoms with Crippen LogP contribution in [0.2, 0.25) is 0 Å². The highest BCUT2D eigenvalue weighted by Gasteiger charge is 2.24. The summed E-state index contributed by atoms with van der Waals surface area (Å²) >= 11 is 0. The molecule has 0 saturated heterocycles. The van der Waals surface area contributed by atoms with Crippen LogP contribution in [-0.2, 0) is 14.3 Å². The van der Waals surface area contributed by atoms with Crippen LogP contribution in [-0.4, -0.2) is 41.1 Å². The molecule has 0 bridgehead atoms. The van der Waals surface area contributed by atoms with Crippen LogP contribution in [0.15, 0.2) is 12.1 Å². The summed E-state index contributed by atoms with van der Waals surface area (Å²) in [6, 6.07) is 1.87. The fraction of sp³-hybridized carbons (Fsp3) is 0.385. The van der Waals surface area contributed by atoms with Gasteiger partial charge in [-0.25, -0.2) is 4.79 Å². The normalized spacial score (nSPS) is 11.6. The second-order valence-electron chi connectivity index (χ2n) is 4.23. The van der Waals surface area contributed by atoms with Crippen LogP contribution in [0.4, 0.5) is 0 Å². The van der Waals surface area contributed by atoms with E-state index in [-0.39, 0.29) is 5.56 Å². The molecule has 0 aliphatic heterocycles. The molecule has 0 radical (unpaired) electrons. The Labute approximate surface area is 116 Å². The van der Waals surface area contributed by atoms with Crippen molar-refractivity contribution >= 4 is 17.8 Å². The van der Waals surface area contributed by atoms with E-state index >= 15 is 0 Å². The number of carbonyl (C=O) groups is 3. The molecule has 20 heavy (non-hydrogen) atoms. The van der Waals surface area contributed by atoms with Gasteiger partial charge in [0.2, 0.25) is 0 Å². The van der Waals surface area contributed by atoms with Crippen molar-refractivity contribution in [2.24, 2.45) is 0 Å². The summed E-state index contributed by atoms with van der Waals surface area (Å²) in [5.41, 5.74) is 1.51. The lowest BCUT2D eigenvalue weighted by Gasteiger charge is -2.14. The average molecular weight is 280 g/mol. The van der Waals surface area contributed by atoms with Crippen LogP contribution < -0.4 is 5.32 Å². The molecule has 0 aromatic carbocycles. The second kappa shape index (κ2) is 6.65. The standard InChI is InChI=1S/C13H16N2O5/c1-7-4-5-9(8(2)14-7)12(17)15-10(13(18)19)6-11(16)20-3/h4-5,10H,6H2,1-3H3,(H,15,17)(H,18,19)/t10-/m0/s1. The summed E-state index contributed by atoms with van der Waals surface area (Å²) < 4.78 is 4.39. The Hall–Kier alpha value is -2.44. The van der Waals surface area contributed by atoms with Crippen molar-refractivity contribution in [1.29, 1.82) is 0 Å². The van der Waals surface area contributed by atoms with Crippen LogP contribution in [0, 0.1) is 13.8 Å².